The molecular weight excluding hydrogens is 330 g/mol. The number of hydrogen-bond donors (Lipinski definition) is 1. The molecule has 2 heterocycles. The lowest BCUT2D eigenvalue weighted by atomic mass is 9.90. The van der Waals surface area contributed by atoms with Crippen molar-refractivity contribution < 1.29 is 14.3 Å². The van der Waals surface area contributed by atoms with Gasteiger partial charge < -0.3 is 19.7 Å². The molecular formula is C20H25N3O3. The number of amides is 1. The molecule has 1 aromatic carbocycles. The van der Waals surface area contributed by atoms with Crippen LogP contribution in [0.15, 0.2) is 30.3 Å². The molecule has 0 atom stereocenters. The van der Waals surface area contributed by atoms with Crippen LogP contribution in [0.2, 0.25) is 0 Å². The maximum absolute atomic E-state index is 12.8. The summed E-state index contributed by atoms with van der Waals surface area (Å²) < 4.78 is 11.5. The van der Waals surface area contributed by atoms with Crippen molar-refractivity contribution in [3.8, 4) is 0 Å². The minimum atomic E-state index is -0.402. The zero-order valence-corrected chi connectivity index (χ0v) is 15.3. The first-order chi connectivity index (χ1) is 12.6. The summed E-state index contributed by atoms with van der Waals surface area (Å²) in [6.07, 6.45) is 3.37. The van der Waals surface area contributed by atoms with E-state index in [1.165, 1.54) is 0 Å². The van der Waals surface area contributed by atoms with Crippen LogP contribution in [0.4, 0.5) is 5.69 Å². The summed E-state index contributed by atoms with van der Waals surface area (Å²) in [7, 11) is 3.96. The van der Waals surface area contributed by atoms with E-state index in [1.807, 2.05) is 49.3 Å². The zero-order valence-electron chi connectivity index (χ0n) is 15.3. The average molecular weight is 355 g/mol. The maximum Gasteiger partial charge on any atom is 0.270 e. The lowest BCUT2D eigenvalue weighted by Gasteiger charge is -2.35. The number of aromatic nitrogens is 1. The summed E-state index contributed by atoms with van der Waals surface area (Å²) in [5.74, 6) is -0.520. The van der Waals surface area contributed by atoms with Crippen LogP contribution in [0, 0.1) is 0 Å². The summed E-state index contributed by atoms with van der Waals surface area (Å²) in [6.45, 7) is 1.34. The third-order valence-electron chi connectivity index (χ3n) is 5.30. The van der Waals surface area contributed by atoms with Crippen molar-refractivity contribution in [1.29, 1.82) is 0 Å². The standard InChI is InChI=1S/C20H25N3O3/c1-23(2)18-13-17(22-16-6-4-3-5-15(16)18)19(24)21-14-7-9-20(10-8-14)25-11-12-26-20/h3-6,13-14H,7-12H2,1-2H3,(H,21,24). The van der Waals surface area contributed by atoms with E-state index in [4.69, 9.17) is 9.47 Å². The first-order valence-corrected chi connectivity index (χ1v) is 9.22. The largest absolute Gasteiger partial charge is 0.377 e. The third kappa shape index (κ3) is 3.27. The number of nitrogens with one attached hydrogen (secondary N) is 1. The number of anilines is 1. The molecule has 0 radical (unpaired) electrons. The Labute approximate surface area is 153 Å². The molecule has 6 heteroatoms. The van der Waals surface area contributed by atoms with E-state index < -0.39 is 5.79 Å². The Hall–Kier alpha value is -2.18. The highest BCUT2D eigenvalue weighted by atomic mass is 16.7. The second-order valence-corrected chi connectivity index (χ2v) is 7.29. The highest BCUT2D eigenvalue weighted by molar-refractivity contribution is 6.00. The normalized spacial score (nSPS) is 19.8. The van der Waals surface area contributed by atoms with Crippen LogP contribution in [-0.4, -0.2) is 50.0 Å². The summed E-state index contributed by atoms with van der Waals surface area (Å²) in [6, 6.07) is 9.91. The molecule has 1 saturated carbocycles. The summed E-state index contributed by atoms with van der Waals surface area (Å²) in [5, 5.41) is 4.19. The number of nitrogens with zero attached hydrogens (tertiary/aromatic N) is 2. The molecule has 1 aromatic heterocycles. The van der Waals surface area contributed by atoms with Gasteiger partial charge in [0.15, 0.2) is 5.79 Å². The predicted octanol–water partition coefficient (Wildman–Crippen LogP) is 2.72. The van der Waals surface area contributed by atoms with Crippen molar-refractivity contribution in [1.82, 2.24) is 10.3 Å². The monoisotopic (exact) mass is 355 g/mol. The number of pyridine rings is 1. The number of ether oxygens (including phenoxy) is 2. The number of benzene rings is 1. The molecule has 0 bridgehead atoms. The Bertz CT molecular complexity index is 805. The number of hydrogen-bond acceptors (Lipinski definition) is 5. The van der Waals surface area contributed by atoms with Gasteiger partial charge in [-0.25, -0.2) is 4.98 Å². The van der Waals surface area contributed by atoms with Gasteiger partial charge in [-0.2, -0.15) is 0 Å². The smallest absolute Gasteiger partial charge is 0.270 e. The minimum Gasteiger partial charge on any atom is -0.377 e. The lowest BCUT2D eigenvalue weighted by Crippen LogP contribution is -2.44. The molecule has 26 heavy (non-hydrogen) atoms. The molecule has 4 rings (SSSR count). The van der Waals surface area contributed by atoms with Gasteiger partial charge in [0.05, 0.1) is 18.7 Å². The van der Waals surface area contributed by atoms with Gasteiger partial charge in [0.25, 0.3) is 5.91 Å². The molecule has 2 fully saturated rings. The number of para-hydroxylation sites is 1. The van der Waals surface area contributed by atoms with E-state index >= 15 is 0 Å². The van der Waals surface area contributed by atoms with Crippen LogP contribution in [0.3, 0.4) is 0 Å². The Morgan fingerprint density at radius 2 is 1.88 bits per heavy atom. The Kier molecular flexibility index (Phi) is 4.54. The zero-order chi connectivity index (χ0) is 18.1. The van der Waals surface area contributed by atoms with Gasteiger partial charge >= 0.3 is 0 Å². The number of carbonyl (C=O) groups excluding carboxylic acids is 1. The molecule has 0 unspecified atom stereocenters. The highest BCUT2D eigenvalue weighted by Gasteiger charge is 2.40. The summed E-state index contributed by atoms with van der Waals surface area (Å²) in [5.41, 5.74) is 2.29. The second-order valence-electron chi connectivity index (χ2n) is 7.29. The molecule has 1 saturated heterocycles. The highest BCUT2D eigenvalue weighted by Crippen LogP contribution is 2.35. The Morgan fingerprint density at radius 3 is 2.58 bits per heavy atom. The van der Waals surface area contributed by atoms with Crippen LogP contribution < -0.4 is 10.2 Å². The van der Waals surface area contributed by atoms with Crippen LogP contribution in [-0.2, 0) is 9.47 Å². The molecule has 6 nitrogen and oxygen atoms in total. The van der Waals surface area contributed by atoms with Gasteiger partial charge in [0.1, 0.15) is 5.69 Å². The predicted molar refractivity (Wildman–Crippen MR) is 100 cm³/mol. The van der Waals surface area contributed by atoms with Crippen LogP contribution in [0.25, 0.3) is 10.9 Å². The van der Waals surface area contributed by atoms with Crippen molar-refractivity contribution in [2.45, 2.75) is 37.5 Å². The van der Waals surface area contributed by atoms with Crippen LogP contribution >= 0.6 is 0 Å². The van der Waals surface area contributed by atoms with E-state index in [0.29, 0.717) is 18.9 Å². The first kappa shape index (κ1) is 17.2. The van der Waals surface area contributed by atoms with Crippen molar-refractivity contribution in [3.63, 3.8) is 0 Å². The molecule has 2 aliphatic rings. The van der Waals surface area contributed by atoms with Crippen molar-refractivity contribution >= 4 is 22.5 Å². The Morgan fingerprint density at radius 1 is 1.19 bits per heavy atom. The van der Waals surface area contributed by atoms with Gasteiger partial charge in [-0.1, -0.05) is 18.2 Å². The molecule has 1 N–H and O–H groups in total. The maximum atomic E-state index is 12.8. The average Bonchev–Trinajstić information content (AvgIpc) is 3.11. The van der Waals surface area contributed by atoms with Crippen molar-refractivity contribution in [3.05, 3.63) is 36.0 Å². The summed E-state index contributed by atoms with van der Waals surface area (Å²) >= 11 is 0. The quantitative estimate of drug-likeness (QED) is 0.917. The van der Waals surface area contributed by atoms with Gasteiger partial charge in [-0.3, -0.25) is 4.79 Å². The fraction of sp³-hybridized carbons (Fsp3) is 0.500. The molecule has 1 aliphatic carbocycles. The lowest BCUT2D eigenvalue weighted by molar-refractivity contribution is -0.179. The van der Waals surface area contributed by atoms with Crippen LogP contribution in [0.5, 0.6) is 0 Å². The van der Waals surface area contributed by atoms with E-state index in [-0.39, 0.29) is 11.9 Å². The van der Waals surface area contributed by atoms with Crippen LogP contribution in [0.1, 0.15) is 36.2 Å². The minimum absolute atomic E-state index is 0.118. The first-order valence-electron chi connectivity index (χ1n) is 9.22. The number of rotatable bonds is 3. The fourth-order valence-corrected chi connectivity index (χ4v) is 3.89. The molecule has 1 spiro atoms. The molecule has 1 aliphatic heterocycles. The molecule has 2 aromatic rings. The molecule has 138 valence electrons. The van der Waals surface area contributed by atoms with Crippen molar-refractivity contribution in [2.75, 3.05) is 32.2 Å². The van der Waals surface area contributed by atoms with E-state index in [2.05, 4.69) is 10.3 Å². The number of fused-ring (bicyclic) bond motifs is 1. The van der Waals surface area contributed by atoms with Gasteiger partial charge in [0.2, 0.25) is 0 Å². The van der Waals surface area contributed by atoms with Gasteiger partial charge in [-0.15, -0.1) is 0 Å². The Balaban J connectivity index is 1.50. The SMILES string of the molecule is CN(C)c1cc(C(=O)NC2CCC3(CC2)OCCO3)nc2ccccc12. The summed E-state index contributed by atoms with van der Waals surface area (Å²) in [4.78, 5) is 19.4. The van der Waals surface area contributed by atoms with Gasteiger partial charge in [0, 0.05) is 44.1 Å². The van der Waals surface area contributed by atoms with E-state index in [1.54, 1.807) is 0 Å². The number of carbonyl (C=O) groups is 1. The van der Waals surface area contributed by atoms with Gasteiger partial charge in [-0.05, 0) is 25.0 Å². The molecule has 1 amide bonds. The second kappa shape index (κ2) is 6.85. The van der Waals surface area contributed by atoms with E-state index in [0.717, 1.165) is 42.3 Å². The topological polar surface area (TPSA) is 63.7 Å². The third-order valence-corrected chi connectivity index (χ3v) is 5.30. The van der Waals surface area contributed by atoms with Crippen molar-refractivity contribution in [2.24, 2.45) is 0 Å². The fourth-order valence-electron chi connectivity index (χ4n) is 3.89. The van der Waals surface area contributed by atoms with E-state index in [9.17, 15) is 4.79 Å².